The van der Waals surface area contributed by atoms with Crippen molar-refractivity contribution in [3.8, 4) is 5.75 Å². The molecule has 0 fully saturated rings. The van der Waals surface area contributed by atoms with E-state index in [1.165, 1.54) is 12.3 Å². The molecule has 0 spiro atoms. The molecular formula is C18H20FN3O3. The van der Waals surface area contributed by atoms with Gasteiger partial charge >= 0.3 is 0 Å². The minimum absolute atomic E-state index is 0.0791. The molecule has 1 atom stereocenters. The van der Waals surface area contributed by atoms with Crippen LogP contribution in [0.2, 0.25) is 0 Å². The average Bonchev–Trinajstić information content (AvgIpc) is 2.92. The molecule has 7 heteroatoms. The average molecular weight is 345 g/mol. The second-order valence-corrected chi connectivity index (χ2v) is 6.09. The van der Waals surface area contributed by atoms with Gasteiger partial charge in [-0.25, -0.2) is 4.39 Å². The standard InChI is InChI=1S/C18H20FN3O3/c1-22-11-12(10-20-22)16(23)7-8-17(24)21-15-6-3-9-25-18-13(15)4-2-5-14(18)19/h2,4-5,10-11,15H,3,6-9H2,1H3,(H,21,24)/t15-/m0/s1. The smallest absolute Gasteiger partial charge is 0.220 e. The van der Waals surface area contributed by atoms with Crippen LogP contribution in [0, 0.1) is 5.82 Å². The van der Waals surface area contributed by atoms with Gasteiger partial charge in [-0.3, -0.25) is 14.3 Å². The number of carbonyl (C=O) groups excluding carboxylic acids is 2. The van der Waals surface area contributed by atoms with Gasteiger partial charge in [0.05, 0.1) is 24.4 Å². The van der Waals surface area contributed by atoms with Gasteiger partial charge in [-0.15, -0.1) is 0 Å². The van der Waals surface area contributed by atoms with Crippen molar-refractivity contribution in [1.29, 1.82) is 0 Å². The van der Waals surface area contributed by atoms with Crippen LogP contribution in [-0.2, 0) is 11.8 Å². The van der Waals surface area contributed by atoms with Gasteiger partial charge in [0.15, 0.2) is 17.3 Å². The summed E-state index contributed by atoms with van der Waals surface area (Å²) >= 11 is 0. The van der Waals surface area contributed by atoms with Crippen molar-refractivity contribution in [1.82, 2.24) is 15.1 Å². The highest BCUT2D eigenvalue weighted by molar-refractivity contribution is 5.97. The van der Waals surface area contributed by atoms with Crippen LogP contribution in [-0.4, -0.2) is 28.1 Å². The van der Waals surface area contributed by atoms with Crippen LogP contribution in [0.5, 0.6) is 5.75 Å². The Labute approximate surface area is 145 Å². The van der Waals surface area contributed by atoms with Crippen molar-refractivity contribution in [2.45, 2.75) is 31.7 Å². The Kier molecular flexibility index (Phi) is 5.11. The van der Waals surface area contributed by atoms with E-state index >= 15 is 0 Å². The van der Waals surface area contributed by atoms with Gasteiger partial charge in [0.1, 0.15) is 0 Å². The quantitative estimate of drug-likeness (QED) is 0.845. The number of ketones is 1. The number of nitrogens with one attached hydrogen (secondary N) is 1. The maximum absolute atomic E-state index is 13.9. The summed E-state index contributed by atoms with van der Waals surface area (Å²) in [6, 6.07) is 4.40. The zero-order valence-corrected chi connectivity index (χ0v) is 14.0. The number of hydrogen-bond acceptors (Lipinski definition) is 4. The largest absolute Gasteiger partial charge is 0.490 e. The van der Waals surface area contributed by atoms with E-state index in [0.717, 1.165) is 0 Å². The van der Waals surface area contributed by atoms with Gasteiger partial charge in [-0.2, -0.15) is 5.10 Å². The Bertz CT molecular complexity index is 788. The molecule has 0 saturated carbocycles. The van der Waals surface area contributed by atoms with Crippen LogP contribution in [0.1, 0.15) is 47.6 Å². The Balaban J connectivity index is 1.61. The van der Waals surface area contributed by atoms with Crippen LogP contribution in [0.25, 0.3) is 0 Å². The number of nitrogens with zero attached hydrogens (tertiary/aromatic N) is 2. The van der Waals surface area contributed by atoms with E-state index in [1.54, 1.807) is 30.1 Å². The van der Waals surface area contributed by atoms with Crippen LogP contribution in [0.3, 0.4) is 0 Å². The first-order valence-electron chi connectivity index (χ1n) is 8.27. The molecule has 132 valence electrons. The zero-order valence-electron chi connectivity index (χ0n) is 14.0. The molecule has 1 aromatic heterocycles. The molecule has 0 aliphatic carbocycles. The molecule has 25 heavy (non-hydrogen) atoms. The lowest BCUT2D eigenvalue weighted by Crippen LogP contribution is -2.28. The highest BCUT2D eigenvalue weighted by Gasteiger charge is 2.24. The Morgan fingerprint density at radius 3 is 3.00 bits per heavy atom. The molecule has 6 nitrogen and oxygen atoms in total. The summed E-state index contributed by atoms with van der Waals surface area (Å²) < 4.78 is 20.9. The second kappa shape index (κ2) is 7.46. The normalized spacial score (nSPS) is 16.5. The predicted octanol–water partition coefficient (Wildman–Crippen LogP) is 2.55. The first-order chi connectivity index (χ1) is 12.0. The molecule has 1 aliphatic rings. The number of aromatic nitrogens is 2. The number of Topliss-reactive ketones (excluding diaryl/α,β-unsaturated/α-hetero) is 1. The molecule has 2 aromatic rings. The molecule has 2 heterocycles. The fourth-order valence-corrected chi connectivity index (χ4v) is 2.92. The van der Waals surface area contributed by atoms with Crippen LogP contribution in [0.4, 0.5) is 4.39 Å². The van der Waals surface area contributed by atoms with E-state index in [2.05, 4.69) is 10.4 Å². The van der Waals surface area contributed by atoms with Gasteiger partial charge in [-0.1, -0.05) is 12.1 Å². The molecule has 1 aliphatic heterocycles. The van der Waals surface area contributed by atoms with Crippen LogP contribution in [0.15, 0.2) is 30.6 Å². The molecule has 1 N–H and O–H groups in total. The minimum atomic E-state index is -0.426. The molecular weight excluding hydrogens is 325 g/mol. The summed E-state index contributed by atoms with van der Waals surface area (Å²) in [5.74, 6) is -0.583. The van der Waals surface area contributed by atoms with E-state index in [9.17, 15) is 14.0 Å². The Morgan fingerprint density at radius 1 is 1.40 bits per heavy atom. The van der Waals surface area contributed by atoms with Crippen molar-refractivity contribution in [3.63, 3.8) is 0 Å². The van der Waals surface area contributed by atoms with E-state index in [1.807, 2.05) is 0 Å². The number of carbonyl (C=O) groups is 2. The number of ether oxygens (including phenoxy) is 1. The van der Waals surface area contributed by atoms with Crippen molar-refractivity contribution in [2.24, 2.45) is 7.05 Å². The van der Waals surface area contributed by atoms with Gasteiger partial charge in [0, 0.05) is 31.6 Å². The van der Waals surface area contributed by atoms with Crippen LogP contribution < -0.4 is 10.1 Å². The number of hydrogen-bond donors (Lipinski definition) is 1. The molecule has 1 aromatic carbocycles. The number of benzene rings is 1. The number of halogens is 1. The molecule has 3 rings (SSSR count). The summed E-state index contributed by atoms with van der Waals surface area (Å²) in [6.07, 6.45) is 4.68. The third-order valence-corrected chi connectivity index (χ3v) is 4.20. The third-order valence-electron chi connectivity index (χ3n) is 4.20. The first-order valence-corrected chi connectivity index (χ1v) is 8.27. The topological polar surface area (TPSA) is 73.2 Å². The second-order valence-electron chi connectivity index (χ2n) is 6.09. The first kappa shape index (κ1) is 17.1. The van der Waals surface area contributed by atoms with Gasteiger partial charge in [0.25, 0.3) is 0 Å². The lowest BCUT2D eigenvalue weighted by atomic mass is 10.0. The molecule has 0 saturated heterocycles. The van der Waals surface area contributed by atoms with Crippen molar-refractivity contribution >= 4 is 11.7 Å². The van der Waals surface area contributed by atoms with E-state index in [0.29, 0.717) is 30.6 Å². The van der Waals surface area contributed by atoms with Crippen molar-refractivity contribution in [2.75, 3.05) is 6.61 Å². The number of amides is 1. The van der Waals surface area contributed by atoms with Crippen molar-refractivity contribution in [3.05, 3.63) is 47.5 Å². The summed E-state index contributed by atoms with van der Waals surface area (Å²) in [6.45, 7) is 0.416. The predicted molar refractivity (Wildman–Crippen MR) is 88.8 cm³/mol. The lowest BCUT2D eigenvalue weighted by Gasteiger charge is -2.18. The van der Waals surface area contributed by atoms with Crippen molar-refractivity contribution < 1.29 is 18.7 Å². The lowest BCUT2D eigenvalue weighted by molar-refractivity contribution is -0.121. The van der Waals surface area contributed by atoms with Gasteiger partial charge < -0.3 is 10.1 Å². The zero-order chi connectivity index (χ0) is 17.8. The van der Waals surface area contributed by atoms with Crippen LogP contribution >= 0.6 is 0 Å². The maximum Gasteiger partial charge on any atom is 0.220 e. The monoisotopic (exact) mass is 345 g/mol. The summed E-state index contributed by atoms with van der Waals surface area (Å²) in [7, 11) is 1.73. The third kappa shape index (κ3) is 4.04. The highest BCUT2D eigenvalue weighted by Crippen LogP contribution is 2.33. The molecule has 1 amide bonds. The van der Waals surface area contributed by atoms with E-state index < -0.39 is 5.82 Å². The SMILES string of the molecule is Cn1cc(C(=O)CCC(=O)N[C@H]2CCCOc3c(F)cccc32)cn1. The highest BCUT2D eigenvalue weighted by atomic mass is 19.1. The van der Waals surface area contributed by atoms with E-state index in [-0.39, 0.29) is 36.3 Å². The number of aryl methyl sites for hydroxylation is 1. The number of para-hydroxylation sites is 1. The molecule has 0 bridgehead atoms. The summed E-state index contributed by atoms with van der Waals surface area (Å²) in [4.78, 5) is 24.3. The molecule has 0 radical (unpaired) electrons. The number of rotatable bonds is 5. The molecule has 0 unspecified atom stereocenters. The fourth-order valence-electron chi connectivity index (χ4n) is 2.92. The Hall–Kier alpha value is -2.70. The number of fused-ring (bicyclic) bond motifs is 1. The summed E-state index contributed by atoms with van der Waals surface area (Å²) in [5.41, 5.74) is 1.13. The van der Waals surface area contributed by atoms with Gasteiger partial charge in [-0.05, 0) is 18.9 Å². The fraction of sp³-hybridized carbons (Fsp3) is 0.389. The maximum atomic E-state index is 13.9. The van der Waals surface area contributed by atoms with Gasteiger partial charge in [0.2, 0.25) is 5.91 Å². The minimum Gasteiger partial charge on any atom is -0.490 e. The Morgan fingerprint density at radius 2 is 2.24 bits per heavy atom. The van der Waals surface area contributed by atoms with E-state index in [4.69, 9.17) is 4.74 Å². The summed E-state index contributed by atoms with van der Waals surface area (Å²) in [5, 5.41) is 6.84.